The van der Waals surface area contributed by atoms with E-state index in [2.05, 4.69) is 49.3 Å². The zero-order valence-electron chi connectivity index (χ0n) is 12.1. The summed E-state index contributed by atoms with van der Waals surface area (Å²) in [7, 11) is 0. The molecule has 0 radical (unpaired) electrons. The summed E-state index contributed by atoms with van der Waals surface area (Å²) in [5.74, 6) is 0. The second-order valence-corrected chi connectivity index (χ2v) is 5.87. The second kappa shape index (κ2) is 5.13. The molecular weight excluding hydrogens is 236 g/mol. The summed E-state index contributed by atoms with van der Waals surface area (Å²) in [5, 5.41) is 8.39. The lowest BCUT2D eigenvalue weighted by Crippen LogP contribution is -2.15. The van der Waals surface area contributed by atoms with Gasteiger partial charge in [0.05, 0.1) is 23.6 Å². The van der Waals surface area contributed by atoms with Crippen molar-refractivity contribution in [2.24, 2.45) is 5.73 Å². The van der Waals surface area contributed by atoms with Gasteiger partial charge in [0.2, 0.25) is 0 Å². The van der Waals surface area contributed by atoms with Crippen LogP contribution in [0.15, 0.2) is 30.5 Å². The van der Waals surface area contributed by atoms with Crippen molar-refractivity contribution in [3.63, 3.8) is 0 Å². The van der Waals surface area contributed by atoms with E-state index in [4.69, 9.17) is 5.73 Å². The molecule has 2 N–H and O–H groups in total. The number of hydrogen-bond donors (Lipinski definition) is 1. The van der Waals surface area contributed by atoms with Gasteiger partial charge in [0.15, 0.2) is 0 Å². The average Bonchev–Trinajstić information content (AvgIpc) is 2.86. The van der Waals surface area contributed by atoms with Crippen LogP contribution in [0.25, 0.3) is 5.69 Å². The predicted octanol–water partition coefficient (Wildman–Crippen LogP) is 2.97. The molecule has 4 nitrogen and oxygen atoms in total. The number of benzene rings is 1. The molecule has 0 amide bonds. The Balaban J connectivity index is 2.45. The molecule has 1 atom stereocenters. The van der Waals surface area contributed by atoms with Crippen LogP contribution in [-0.4, -0.2) is 15.0 Å². The van der Waals surface area contributed by atoms with Gasteiger partial charge in [-0.25, -0.2) is 4.68 Å². The molecule has 0 saturated heterocycles. The molecule has 0 aliphatic carbocycles. The summed E-state index contributed by atoms with van der Waals surface area (Å²) in [6.45, 7) is 8.64. The highest BCUT2D eigenvalue weighted by atomic mass is 15.4. The SMILES string of the molecule is CCC(N)c1cn(-c2ccccc2C(C)(C)C)nn1. The quantitative estimate of drug-likeness (QED) is 0.920. The normalized spacial score (nSPS) is 13.5. The van der Waals surface area contributed by atoms with E-state index in [1.165, 1.54) is 5.56 Å². The summed E-state index contributed by atoms with van der Waals surface area (Å²) in [4.78, 5) is 0. The minimum atomic E-state index is -0.0458. The summed E-state index contributed by atoms with van der Waals surface area (Å²) in [6, 6.07) is 8.23. The highest BCUT2D eigenvalue weighted by Crippen LogP contribution is 2.28. The summed E-state index contributed by atoms with van der Waals surface area (Å²) in [6.07, 6.45) is 2.79. The van der Waals surface area contributed by atoms with Gasteiger partial charge < -0.3 is 5.73 Å². The maximum Gasteiger partial charge on any atom is 0.0998 e. The molecule has 0 aliphatic rings. The van der Waals surface area contributed by atoms with E-state index in [9.17, 15) is 0 Å². The number of hydrogen-bond acceptors (Lipinski definition) is 3. The molecule has 2 rings (SSSR count). The van der Waals surface area contributed by atoms with Gasteiger partial charge in [-0.15, -0.1) is 5.10 Å². The predicted molar refractivity (Wildman–Crippen MR) is 77.3 cm³/mol. The lowest BCUT2D eigenvalue weighted by atomic mass is 9.86. The van der Waals surface area contributed by atoms with Gasteiger partial charge in [0, 0.05) is 0 Å². The highest BCUT2D eigenvalue weighted by Gasteiger charge is 2.19. The van der Waals surface area contributed by atoms with Gasteiger partial charge in [-0.1, -0.05) is 51.1 Å². The first-order valence-corrected chi connectivity index (χ1v) is 6.71. The van der Waals surface area contributed by atoms with Gasteiger partial charge >= 0.3 is 0 Å². The first kappa shape index (κ1) is 13.7. The maximum atomic E-state index is 5.99. The first-order valence-electron chi connectivity index (χ1n) is 6.71. The van der Waals surface area contributed by atoms with Crippen LogP contribution >= 0.6 is 0 Å². The Morgan fingerprint density at radius 1 is 1.26 bits per heavy atom. The van der Waals surface area contributed by atoms with E-state index in [1.54, 1.807) is 0 Å². The lowest BCUT2D eigenvalue weighted by molar-refractivity contribution is 0.582. The first-order chi connectivity index (χ1) is 8.93. The van der Waals surface area contributed by atoms with Crippen molar-refractivity contribution >= 4 is 0 Å². The van der Waals surface area contributed by atoms with Crippen LogP contribution in [0.1, 0.15) is 51.4 Å². The van der Waals surface area contributed by atoms with E-state index in [0.717, 1.165) is 17.8 Å². The van der Waals surface area contributed by atoms with Crippen LogP contribution in [0.3, 0.4) is 0 Å². The van der Waals surface area contributed by atoms with Crippen molar-refractivity contribution in [1.29, 1.82) is 0 Å². The van der Waals surface area contributed by atoms with Crippen LogP contribution in [0.5, 0.6) is 0 Å². The Kier molecular flexibility index (Phi) is 3.71. The van der Waals surface area contributed by atoms with Gasteiger partial charge in [-0.05, 0) is 23.5 Å². The maximum absolute atomic E-state index is 5.99. The van der Waals surface area contributed by atoms with Gasteiger partial charge in [-0.3, -0.25) is 0 Å². The molecule has 19 heavy (non-hydrogen) atoms. The lowest BCUT2D eigenvalue weighted by Gasteiger charge is -2.22. The number of aromatic nitrogens is 3. The molecule has 0 saturated carbocycles. The Morgan fingerprint density at radius 3 is 2.58 bits per heavy atom. The number of nitrogens with zero attached hydrogens (tertiary/aromatic N) is 3. The summed E-state index contributed by atoms with van der Waals surface area (Å²) < 4.78 is 1.82. The van der Waals surface area contributed by atoms with Gasteiger partial charge in [0.1, 0.15) is 0 Å². The molecule has 0 spiro atoms. The molecule has 1 aromatic carbocycles. The second-order valence-electron chi connectivity index (χ2n) is 5.87. The third-order valence-corrected chi connectivity index (χ3v) is 3.29. The van der Waals surface area contributed by atoms with Gasteiger partial charge in [0.25, 0.3) is 0 Å². The third-order valence-electron chi connectivity index (χ3n) is 3.29. The molecule has 2 aromatic rings. The van der Waals surface area contributed by atoms with Crippen molar-refractivity contribution in [2.45, 2.75) is 45.6 Å². The fourth-order valence-electron chi connectivity index (χ4n) is 2.08. The zero-order chi connectivity index (χ0) is 14.0. The van der Waals surface area contributed by atoms with Crippen LogP contribution in [0, 0.1) is 0 Å². The van der Waals surface area contributed by atoms with E-state index >= 15 is 0 Å². The standard InChI is InChI=1S/C15H22N4/c1-5-12(16)13-10-19(18-17-13)14-9-7-6-8-11(14)15(2,3)4/h6-10,12H,5,16H2,1-4H3. The molecule has 0 fully saturated rings. The fraction of sp³-hybridized carbons (Fsp3) is 0.467. The Labute approximate surface area is 114 Å². The monoisotopic (exact) mass is 258 g/mol. The van der Waals surface area contributed by atoms with Crippen molar-refractivity contribution < 1.29 is 0 Å². The van der Waals surface area contributed by atoms with Crippen LogP contribution in [-0.2, 0) is 5.41 Å². The summed E-state index contributed by atoms with van der Waals surface area (Å²) in [5.41, 5.74) is 9.21. The van der Waals surface area contributed by atoms with Crippen LogP contribution in [0.2, 0.25) is 0 Å². The largest absolute Gasteiger partial charge is 0.323 e. The third kappa shape index (κ3) is 2.84. The minimum Gasteiger partial charge on any atom is -0.323 e. The highest BCUT2D eigenvalue weighted by molar-refractivity contribution is 5.44. The molecule has 0 bridgehead atoms. The summed E-state index contributed by atoms with van der Waals surface area (Å²) >= 11 is 0. The zero-order valence-corrected chi connectivity index (χ0v) is 12.1. The van der Waals surface area contributed by atoms with E-state index in [0.29, 0.717) is 0 Å². The van der Waals surface area contributed by atoms with Crippen LogP contribution in [0.4, 0.5) is 0 Å². The average molecular weight is 258 g/mol. The number of nitrogens with two attached hydrogens (primary N) is 1. The van der Waals surface area contributed by atoms with E-state index in [1.807, 2.05) is 23.9 Å². The van der Waals surface area contributed by atoms with Crippen molar-refractivity contribution in [3.05, 3.63) is 41.7 Å². The Hall–Kier alpha value is -1.68. The van der Waals surface area contributed by atoms with Crippen molar-refractivity contribution in [2.75, 3.05) is 0 Å². The van der Waals surface area contributed by atoms with E-state index < -0.39 is 0 Å². The molecule has 1 aromatic heterocycles. The topological polar surface area (TPSA) is 56.7 Å². The van der Waals surface area contributed by atoms with Crippen molar-refractivity contribution in [1.82, 2.24) is 15.0 Å². The minimum absolute atomic E-state index is 0.0458. The Morgan fingerprint density at radius 2 is 1.95 bits per heavy atom. The van der Waals surface area contributed by atoms with Crippen molar-refractivity contribution in [3.8, 4) is 5.69 Å². The number of para-hydroxylation sites is 1. The molecule has 1 unspecified atom stereocenters. The van der Waals surface area contributed by atoms with Crippen LogP contribution < -0.4 is 5.73 Å². The molecule has 0 aliphatic heterocycles. The molecule has 1 heterocycles. The molecule has 4 heteroatoms. The van der Waals surface area contributed by atoms with Gasteiger partial charge in [-0.2, -0.15) is 0 Å². The van der Waals surface area contributed by atoms with E-state index in [-0.39, 0.29) is 11.5 Å². The molecule has 102 valence electrons. The fourth-order valence-corrected chi connectivity index (χ4v) is 2.08. The number of rotatable bonds is 3. The Bertz CT molecular complexity index is 551. The molecular formula is C15H22N4. The smallest absolute Gasteiger partial charge is 0.0998 e.